The van der Waals surface area contributed by atoms with Gasteiger partial charge in [-0.25, -0.2) is 13.9 Å². The van der Waals surface area contributed by atoms with Crippen LogP contribution in [0.3, 0.4) is 0 Å². The van der Waals surface area contributed by atoms with Gasteiger partial charge in [0.1, 0.15) is 18.4 Å². The van der Waals surface area contributed by atoms with Gasteiger partial charge in [-0.15, -0.1) is 0 Å². The Morgan fingerprint density at radius 3 is 2.28 bits per heavy atom. The quantitative estimate of drug-likeness (QED) is 0.730. The van der Waals surface area contributed by atoms with Gasteiger partial charge in [-0.1, -0.05) is 6.58 Å². The smallest absolute Gasteiger partial charge is 0.430 e. The molecule has 1 aromatic heterocycles. The molecule has 0 aliphatic rings. The van der Waals surface area contributed by atoms with Crippen molar-refractivity contribution in [3.8, 4) is 0 Å². The van der Waals surface area contributed by atoms with E-state index in [-0.39, 0.29) is 6.54 Å². The Hall–Kier alpha value is -2.32. The molecule has 0 unspecified atom stereocenters. The van der Waals surface area contributed by atoms with Crippen molar-refractivity contribution in [2.24, 2.45) is 0 Å². The van der Waals surface area contributed by atoms with Crippen LogP contribution in [0.5, 0.6) is 0 Å². The lowest BCUT2D eigenvalue weighted by Crippen LogP contribution is -2.37. The molecule has 0 atom stereocenters. The maximum atomic E-state index is 10.5. The van der Waals surface area contributed by atoms with Gasteiger partial charge < -0.3 is 15.0 Å². The number of carboxylic acid groups (broad SMARTS) is 2. The largest absolute Gasteiger partial charge is 0.542 e. The molecule has 6 nitrogen and oxygen atoms in total. The minimum absolute atomic E-state index is 0.0131. The average molecular weight is 266 g/mol. The summed E-state index contributed by atoms with van der Waals surface area (Å²) >= 11 is 0. The molecule has 1 N–H and O–H groups in total. The summed E-state index contributed by atoms with van der Waals surface area (Å²) < 4.78 is 34.8. The molecule has 0 aliphatic heterocycles. The number of rotatable bonds is 3. The first-order valence-corrected chi connectivity index (χ1v) is 4.36. The molecule has 9 heteroatoms. The van der Waals surface area contributed by atoms with E-state index in [4.69, 9.17) is 15.0 Å². The Kier molecular flexibility index (Phi) is 5.60. The minimum Gasteiger partial charge on any atom is -0.542 e. The highest BCUT2D eigenvalue weighted by molar-refractivity contribution is 5.70. The number of carbonyl (C=O) groups is 2. The van der Waals surface area contributed by atoms with Crippen LogP contribution in [0.15, 0.2) is 25.3 Å². The summed E-state index contributed by atoms with van der Waals surface area (Å²) in [5.74, 6) is -3.86. The molecule has 0 saturated heterocycles. The Labute approximate surface area is 99.2 Å². The topological polar surface area (TPSA) is 86.2 Å². The normalized spacial score (nSPS) is 10.2. The Bertz CT molecular complexity index is 439. The Balaban J connectivity index is 0.000000360. The molecular weight excluding hydrogens is 257 g/mol. The van der Waals surface area contributed by atoms with Gasteiger partial charge in [-0.05, 0) is 0 Å². The minimum atomic E-state index is -5.19. The average Bonchev–Trinajstić information content (AvgIpc) is 2.64. The number of hydrogen-bond acceptors (Lipinski definition) is 3. The number of aliphatic carboxylic acids is 2. The van der Waals surface area contributed by atoms with E-state index in [0.717, 1.165) is 0 Å². The van der Waals surface area contributed by atoms with Crippen molar-refractivity contribution >= 4 is 18.1 Å². The lowest BCUT2D eigenvalue weighted by Gasteiger charge is -2.03. The molecule has 0 spiro atoms. The van der Waals surface area contributed by atoms with Gasteiger partial charge in [0.25, 0.3) is 0 Å². The number of carboxylic acids is 2. The molecule has 0 radical (unpaired) electrons. The number of halogens is 3. The molecule has 0 saturated carbocycles. The zero-order chi connectivity index (χ0) is 14.3. The summed E-state index contributed by atoms with van der Waals surface area (Å²) in [5.41, 5.74) is 0. The van der Waals surface area contributed by atoms with E-state index in [9.17, 15) is 18.0 Å². The Morgan fingerprint density at radius 2 is 2.00 bits per heavy atom. The fraction of sp³-hybridized carbons (Fsp3) is 0.222. The molecule has 0 bridgehead atoms. The van der Waals surface area contributed by atoms with E-state index in [1.807, 2.05) is 0 Å². The van der Waals surface area contributed by atoms with E-state index in [2.05, 4.69) is 6.58 Å². The third kappa shape index (κ3) is 6.30. The van der Waals surface area contributed by atoms with Gasteiger partial charge in [0.15, 0.2) is 6.54 Å². The lowest BCUT2D eigenvalue weighted by atomic mass is 10.6. The van der Waals surface area contributed by atoms with Crippen LogP contribution in [0.25, 0.3) is 6.20 Å². The van der Waals surface area contributed by atoms with Gasteiger partial charge >= 0.3 is 12.1 Å². The van der Waals surface area contributed by atoms with Crippen LogP contribution < -0.4 is 9.67 Å². The zero-order valence-corrected chi connectivity index (χ0v) is 8.92. The van der Waals surface area contributed by atoms with Crippen molar-refractivity contribution < 1.29 is 37.5 Å². The second-order valence-corrected chi connectivity index (χ2v) is 2.89. The molecular formula is C9H9F3N2O4. The first-order chi connectivity index (χ1) is 8.16. The number of imidazole rings is 1. The van der Waals surface area contributed by atoms with Crippen molar-refractivity contribution in [3.63, 3.8) is 0 Å². The van der Waals surface area contributed by atoms with Crippen LogP contribution >= 0.6 is 0 Å². The maximum absolute atomic E-state index is 10.5. The SMILES string of the molecule is C=Cn1cc[n+](CC(=O)O)c1.O=C([O-])C(F)(F)F. The lowest BCUT2D eigenvalue weighted by molar-refractivity contribution is -0.684. The van der Waals surface area contributed by atoms with Crippen LogP contribution in [-0.2, 0) is 16.1 Å². The Morgan fingerprint density at radius 1 is 1.50 bits per heavy atom. The van der Waals surface area contributed by atoms with Crippen LogP contribution in [0.1, 0.15) is 0 Å². The van der Waals surface area contributed by atoms with Gasteiger partial charge in [-0.2, -0.15) is 13.2 Å². The number of hydrogen-bond donors (Lipinski definition) is 1. The molecule has 0 aromatic carbocycles. The number of alkyl halides is 3. The van der Waals surface area contributed by atoms with E-state index in [1.165, 1.54) is 0 Å². The molecule has 18 heavy (non-hydrogen) atoms. The third-order valence-corrected chi connectivity index (χ3v) is 1.47. The maximum Gasteiger partial charge on any atom is 0.430 e. The van der Waals surface area contributed by atoms with Crippen LogP contribution in [0.2, 0.25) is 0 Å². The zero-order valence-electron chi connectivity index (χ0n) is 8.92. The van der Waals surface area contributed by atoms with Crippen LogP contribution in [-0.4, -0.2) is 27.8 Å². The first-order valence-electron chi connectivity index (χ1n) is 4.36. The van der Waals surface area contributed by atoms with Crippen molar-refractivity contribution in [2.45, 2.75) is 12.7 Å². The van der Waals surface area contributed by atoms with E-state index in [0.29, 0.717) is 0 Å². The highest BCUT2D eigenvalue weighted by Gasteiger charge is 2.28. The molecule has 100 valence electrons. The van der Waals surface area contributed by atoms with E-state index in [1.54, 1.807) is 34.1 Å². The van der Waals surface area contributed by atoms with E-state index < -0.39 is 18.1 Å². The van der Waals surface area contributed by atoms with Crippen molar-refractivity contribution in [3.05, 3.63) is 25.3 Å². The third-order valence-electron chi connectivity index (χ3n) is 1.47. The molecule has 1 aromatic rings. The monoisotopic (exact) mass is 266 g/mol. The van der Waals surface area contributed by atoms with Gasteiger partial charge in [0, 0.05) is 0 Å². The van der Waals surface area contributed by atoms with Crippen molar-refractivity contribution in [2.75, 3.05) is 0 Å². The molecule has 1 heterocycles. The summed E-state index contributed by atoms with van der Waals surface area (Å²) in [5, 5.41) is 17.2. The second kappa shape index (κ2) is 6.42. The summed E-state index contributed by atoms with van der Waals surface area (Å²) in [6.45, 7) is 3.51. The van der Waals surface area contributed by atoms with Crippen molar-refractivity contribution in [1.82, 2.24) is 4.57 Å². The first kappa shape index (κ1) is 15.7. The number of aromatic nitrogens is 2. The van der Waals surface area contributed by atoms with Crippen LogP contribution in [0, 0.1) is 0 Å². The van der Waals surface area contributed by atoms with Gasteiger partial charge in [-0.3, -0.25) is 0 Å². The summed E-state index contributed by atoms with van der Waals surface area (Å²) in [4.78, 5) is 19.0. The summed E-state index contributed by atoms with van der Waals surface area (Å²) in [7, 11) is 0. The summed E-state index contributed by atoms with van der Waals surface area (Å²) in [6, 6.07) is 0. The predicted octanol–water partition coefficient (Wildman–Crippen LogP) is -0.741. The molecule has 0 amide bonds. The predicted molar refractivity (Wildman–Crippen MR) is 49.7 cm³/mol. The standard InChI is InChI=1S/C7H8N2O2.C2HF3O2/c1-2-8-3-4-9(6-8)5-7(10)11;3-2(4,5)1(6)7/h2-4,6H,1,5H2;(H,6,7). The second-order valence-electron chi connectivity index (χ2n) is 2.89. The van der Waals surface area contributed by atoms with Gasteiger partial charge in [0.05, 0.1) is 6.20 Å². The molecule has 1 rings (SSSR count). The summed E-state index contributed by atoms with van der Waals surface area (Å²) in [6.07, 6.45) is 1.46. The van der Waals surface area contributed by atoms with Crippen LogP contribution in [0.4, 0.5) is 13.2 Å². The number of carbonyl (C=O) groups excluding carboxylic acids is 1. The highest BCUT2D eigenvalue weighted by atomic mass is 19.4. The fourth-order valence-electron chi connectivity index (χ4n) is 0.769. The fourth-order valence-corrected chi connectivity index (χ4v) is 0.769. The van der Waals surface area contributed by atoms with Crippen molar-refractivity contribution in [1.29, 1.82) is 0 Å². The molecule has 0 fully saturated rings. The van der Waals surface area contributed by atoms with Gasteiger partial charge in [0.2, 0.25) is 6.33 Å². The number of nitrogens with zero attached hydrogens (tertiary/aromatic N) is 2. The van der Waals surface area contributed by atoms with E-state index >= 15 is 0 Å². The molecule has 0 aliphatic carbocycles. The highest BCUT2D eigenvalue weighted by Crippen LogP contribution is 2.11.